The van der Waals surface area contributed by atoms with Crippen LogP contribution in [0, 0.1) is 0 Å². The molecule has 0 rings (SSSR count). The molecule has 0 fully saturated rings. The van der Waals surface area contributed by atoms with Crippen molar-refractivity contribution >= 4 is 5.97 Å². The first-order valence-corrected chi connectivity index (χ1v) is 5.77. The number of unbranched alkanes of at least 4 members (excludes halogenated alkanes) is 6. The van der Waals surface area contributed by atoms with E-state index in [1.165, 1.54) is 6.92 Å². The fourth-order valence-corrected chi connectivity index (χ4v) is 1.41. The Morgan fingerprint density at radius 3 is 2.00 bits per heavy atom. The van der Waals surface area contributed by atoms with E-state index in [2.05, 4.69) is 0 Å². The van der Waals surface area contributed by atoms with E-state index in [-0.39, 0.29) is 12.4 Å². The van der Waals surface area contributed by atoms with Crippen LogP contribution in [0.15, 0.2) is 0 Å². The molecule has 0 radical (unpaired) electrons. The van der Waals surface area contributed by atoms with E-state index in [0.717, 1.165) is 44.9 Å². The third-order valence-corrected chi connectivity index (χ3v) is 2.24. The van der Waals surface area contributed by atoms with Crippen molar-refractivity contribution in [2.45, 2.75) is 58.3 Å². The summed E-state index contributed by atoms with van der Waals surface area (Å²) < 4.78 is 18.7. The molecule has 0 aliphatic carbocycles. The fraction of sp³-hybridized carbons (Fsp3) is 0.917. The van der Waals surface area contributed by atoms with Gasteiger partial charge in [0.05, 0.1) is 9.35 Å². The van der Waals surface area contributed by atoms with Crippen LogP contribution in [-0.4, -0.2) is 24.2 Å². The van der Waals surface area contributed by atoms with Gasteiger partial charge >= 0.3 is 5.97 Å². The van der Waals surface area contributed by atoms with E-state index >= 15 is 0 Å². The van der Waals surface area contributed by atoms with Crippen LogP contribution in [0.5, 0.6) is 0 Å². The second kappa shape index (κ2) is 11.5. The van der Waals surface area contributed by atoms with Crippen molar-refractivity contribution in [1.82, 2.24) is 0 Å². The summed E-state index contributed by atoms with van der Waals surface area (Å²) in [6.07, 6.45) is 7.21. The molecule has 0 amide bonds. The molecule has 0 aromatic carbocycles. The standard InChI is InChI=1S/C12H24O3/c1-12(14)15-11-9-7-5-3-2-4-6-8-10-13/h13H,2-11H2,1H3/i10D2. The van der Waals surface area contributed by atoms with Crippen molar-refractivity contribution in [2.24, 2.45) is 0 Å². The molecule has 0 atom stereocenters. The smallest absolute Gasteiger partial charge is 0.302 e. The maximum atomic E-state index is 10.5. The average Bonchev–Trinajstić information content (AvgIpc) is 2.18. The molecule has 0 heterocycles. The first-order valence-electron chi connectivity index (χ1n) is 6.77. The maximum Gasteiger partial charge on any atom is 0.302 e. The minimum Gasteiger partial charge on any atom is -0.466 e. The van der Waals surface area contributed by atoms with Gasteiger partial charge in [-0.1, -0.05) is 38.5 Å². The topological polar surface area (TPSA) is 46.5 Å². The van der Waals surface area contributed by atoms with E-state index in [1.54, 1.807) is 0 Å². The molecule has 0 saturated heterocycles. The quantitative estimate of drug-likeness (QED) is 0.453. The molecule has 3 nitrogen and oxygen atoms in total. The SMILES string of the molecule is [2H]C([2H])(O)CCCCCCCCCOC(C)=O. The number of rotatable bonds is 10. The lowest BCUT2D eigenvalue weighted by atomic mass is 10.1. The number of hydrogen-bond donors (Lipinski definition) is 1. The van der Waals surface area contributed by atoms with Gasteiger partial charge in [-0.25, -0.2) is 0 Å². The van der Waals surface area contributed by atoms with Crippen molar-refractivity contribution in [2.75, 3.05) is 13.2 Å². The summed E-state index contributed by atoms with van der Waals surface area (Å²) in [5.41, 5.74) is 0. The molecule has 0 aromatic rings. The zero-order valence-electron chi connectivity index (χ0n) is 11.6. The lowest BCUT2D eigenvalue weighted by Crippen LogP contribution is -2.00. The van der Waals surface area contributed by atoms with Crippen molar-refractivity contribution in [3.05, 3.63) is 0 Å². The largest absolute Gasteiger partial charge is 0.466 e. The Hall–Kier alpha value is -0.570. The van der Waals surface area contributed by atoms with Crippen LogP contribution in [0.4, 0.5) is 0 Å². The van der Waals surface area contributed by atoms with Gasteiger partial charge in [0.1, 0.15) is 0 Å². The Balaban J connectivity index is 3.06. The van der Waals surface area contributed by atoms with Gasteiger partial charge in [-0.15, -0.1) is 0 Å². The fourth-order valence-electron chi connectivity index (χ4n) is 1.41. The lowest BCUT2D eigenvalue weighted by Gasteiger charge is -2.02. The van der Waals surface area contributed by atoms with Crippen molar-refractivity contribution < 1.29 is 17.4 Å². The van der Waals surface area contributed by atoms with E-state index in [4.69, 9.17) is 12.6 Å². The summed E-state index contributed by atoms with van der Waals surface area (Å²) in [7, 11) is 0. The summed E-state index contributed by atoms with van der Waals surface area (Å²) in [4.78, 5) is 10.5. The highest BCUT2D eigenvalue weighted by Gasteiger charge is 1.94. The van der Waals surface area contributed by atoms with E-state index < -0.39 is 6.56 Å². The Labute approximate surface area is 95.6 Å². The number of esters is 1. The normalized spacial score (nSPS) is 13.2. The lowest BCUT2D eigenvalue weighted by molar-refractivity contribution is -0.141. The average molecular weight is 218 g/mol. The van der Waals surface area contributed by atoms with Gasteiger partial charge in [-0.2, -0.15) is 0 Å². The molecule has 15 heavy (non-hydrogen) atoms. The number of carbonyl (C=O) groups is 1. The molecule has 1 N–H and O–H groups in total. The summed E-state index contributed by atoms with van der Waals surface area (Å²) in [5, 5.41) is 8.85. The van der Waals surface area contributed by atoms with Crippen LogP contribution < -0.4 is 0 Å². The van der Waals surface area contributed by atoms with Crippen LogP contribution >= 0.6 is 0 Å². The highest BCUT2D eigenvalue weighted by molar-refractivity contribution is 5.65. The molecule has 3 heteroatoms. The summed E-state index contributed by atoms with van der Waals surface area (Å²) in [6.45, 7) is -0.0795. The zero-order chi connectivity index (χ0) is 13.1. The number of aliphatic hydroxyl groups is 1. The third-order valence-electron chi connectivity index (χ3n) is 2.24. The first-order chi connectivity index (χ1) is 7.92. The molecule has 0 spiro atoms. The van der Waals surface area contributed by atoms with Crippen molar-refractivity contribution in [1.29, 1.82) is 0 Å². The molecule has 0 bridgehead atoms. The Kier molecular flexibility index (Phi) is 8.38. The van der Waals surface area contributed by atoms with Gasteiger partial charge in [0.15, 0.2) is 0 Å². The summed E-state index contributed by atoms with van der Waals surface area (Å²) in [5.74, 6) is -0.219. The number of hydrogen-bond acceptors (Lipinski definition) is 3. The summed E-state index contributed by atoms with van der Waals surface area (Å²) in [6, 6.07) is 0. The van der Waals surface area contributed by atoms with Crippen LogP contribution in [0.2, 0.25) is 0 Å². The molecular weight excluding hydrogens is 192 g/mol. The van der Waals surface area contributed by atoms with E-state index in [9.17, 15) is 4.79 Å². The van der Waals surface area contributed by atoms with Gasteiger partial charge in [-0.05, 0) is 12.8 Å². The zero-order valence-corrected chi connectivity index (χ0v) is 9.63. The van der Waals surface area contributed by atoms with Gasteiger partial charge < -0.3 is 9.84 Å². The van der Waals surface area contributed by atoms with Crippen molar-refractivity contribution in [3.63, 3.8) is 0 Å². The first kappa shape index (κ1) is 10.9. The van der Waals surface area contributed by atoms with Crippen LogP contribution in [0.3, 0.4) is 0 Å². The van der Waals surface area contributed by atoms with Crippen molar-refractivity contribution in [3.8, 4) is 0 Å². The third kappa shape index (κ3) is 13.4. The predicted octanol–water partition coefficient (Wildman–Crippen LogP) is 2.66. The number of ether oxygens (including phenoxy) is 1. The Bertz CT molecular complexity index is 202. The van der Waals surface area contributed by atoms with Crippen LogP contribution in [0.1, 0.15) is 61.0 Å². The molecule has 0 unspecified atom stereocenters. The highest BCUT2D eigenvalue weighted by Crippen LogP contribution is 2.08. The molecule has 0 saturated carbocycles. The minimum atomic E-state index is -2.01. The van der Waals surface area contributed by atoms with E-state index in [1.807, 2.05) is 0 Å². The molecule has 0 aliphatic rings. The van der Waals surface area contributed by atoms with Gasteiger partial charge in [0.25, 0.3) is 0 Å². The van der Waals surface area contributed by atoms with Crippen LogP contribution in [-0.2, 0) is 9.53 Å². The number of carbonyl (C=O) groups excluding carboxylic acids is 1. The second-order valence-corrected chi connectivity index (χ2v) is 3.72. The van der Waals surface area contributed by atoms with Gasteiger partial charge in [0, 0.05) is 13.5 Å². The van der Waals surface area contributed by atoms with Gasteiger partial charge in [0.2, 0.25) is 0 Å². The monoisotopic (exact) mass is 218 g/mol. The van der Waals surface area contributed by atoms with Gasteiger partial charge in [-0.3, -0.25) is 4.79 Å². The van der Waals surface area contributed by atoms with Crippen LogP contribution in [0.25, 0.3) is 0 Å². The molecule has 0 aliphatic heterocycles. The molecular formula is C12H24O3. The second-order valence-electron chi connectivity index (χ2n) is 3.72. The molecule has 0 aromatic heterocycles. The maximum absolute atomic E-state index is 10.5. The Morgan fingerprint density at radius 1 is 1.07 bits per heavy atom. The Morgan fingerprint density at radius 2 is 1.53 bits per heavy atom. The van der Waals surface area contributed by atoms with E-state index in [0.29, 0.717) is 6.61 Å². The minimum absolute atomic E-state index is 0.219. The predicted molar refractivity (Wildman–Crippen MR) is 60.7 cm³/mol. The summed E-state index contributed by atoms with van der Waals surface area (Å²) >= 11 is 0. The highest BCUT2D eigenvalue weighted by atomic mass is 16.5. The molecule has 90 valence electrons.